The van der Waals surface area contributed by atoms with Crippen molar-refractivity contribution in [2.45, 2.75) is 51.7 Å². The van der Waals surface area contributed by atoms with Gasteiger partial charge in [0.15, 0.2) is 17.0 Å². The predicted molar refractivity (Wildman–Crippen MR) is 135 cm³/mol. The molecule has 35 heavy (non-hydrogen) atoms. The van der Waals surface area contributed by atoms with Crippen molar-refractivity contribution < 1.29 is 19.1 Å². The number of carbonyl (C=O) groups is 2. The number of hydrogen-bond donors (Lipinski definition) is 1. The summed E-state index contributed by atoms with van der Waals surface area (Å²) in [5, 5.41) is 1.07. The Bertz CT molecular complexity index is 1300. The second-order valence-electron chi connectivity index (χ2n) is 9.89. The Labute approximate surface area is 206 Å². The van der Waals surface area contributed by atoms with Gasteiger partial charge in [0, 0.05) is 29.9 Å². The molecule has 1 N–H and O–H groups in total. The maximum absolute atomic E-state index is 13.8. The van der Waals surface area contributed by atoms with Crippen molar-refractivity contribution in [3.05, 3.63) is 59.3 Å². The smallest absolute Gasteiger partial charge is 0.254 e. The number of nitrogens with one attached hydrogen (secondary N) is 1. The lowest BCUT2D eigenvalue weighted by Crippen LogP contribution is -2.67. The summed E-state index contributed by atoms with van der Waals surface area (Å²) in [5.74, 6) is 1.17. The van der Waals surface area contributed by atoms with Crippen LogP contribution in [0.5, 0.6) is 11.5 Å². The van der Waals surface area contributed by atoms with E-state index < -0.39 is 5.54 Å². The van der Waals surface area contributed by atoms with E-state index in [-0.39, 0.29) is 30.4 Å². The third kappa shape index (κ3) is 3.56. The predicted octanol–water partition coefficient (Wildman–Crippen LogP) is 4.41. The minimum Gasteiger partial charge on any atom is -0.493 e. The first-order valence-electron chi connectivity index (χ1n) is 12.3. The van der Waals surface area contributed by atoms with Crippen molar-refractivity contribution in [2.75, 3.05) is 26.7 Å². The van der Waals surface area contributed by atoms with Gasteiger partial charge in [-0.25, -0.2) is 0 Å². The second kappa shape index (κ2) is 8.63. The van der Waals surface area contributed by atoms with Crippen LogP contribution in [0, 0.1) is 0 Å². The fourth-order valence-electron chi connectivity index (χ4n) is 5.68. The molecule has 2 aliphatic heterocycles. The number of carbonyl (C=O) groups excluding carboxylic acids is 2. The number of piperazine rings is 1. The molecular weight excluding hydrogens is 442 g/mol. The number of ether oxygens (including phenoxy) is 2. The van der Waals surface area contributed by atoms with Gasteiger partial charge in [0.05, 0.1) is 25.5 Å². The molecule has 1 aromatic heterocycles. The summed E-state index contributed by atoms with van der Waals surface area (Å²) in [6.07, 6.45) is 0.829. The molecule has 7 nitrogen and oxygen atoms in total. The summed E-state index contributed by atoms with van der Waals surface area (Å²) in [6, 6.07) is 14.1. The minimum atomic E-state index is -1.07. The van der Waals surface area contributed by atoms with Crippen LogP contribution >= 0.6 is 0 Å². The Morgan fingerprint density at radius 3 is 2.63 bits per heavy atom. The Morgan fingerprint density at radius 2 is 1.91 bits per heavy atom. The van der Waals surface area contributed by atoms with E-state index >= 15 is 0 Å². The number of fused-ring (bicyclic) bond motifs is 5. The van der Waals surface area contributed by atoms with Crippen LogP contribution in [-0.4, -0.2) is 59.4 Å². The highest BCUT2D eigenvalue weighted by Gasteiger charge is 2.56. The second-order valence-corrected chi connectivity index (χ2v) is 9.89. The Kier molecular flexibility index (Phi) is 5.74. The van der Waals surface area contributed by atoms with E-state index in [1.807, 2.05) is 64.1 Å². The number of para-hydroxylation sites is 1. The zero-order valence-electron chi connectivity index (χ0n) is 21.1. The Balaban J connectivity index is 1.70. The number of amides is 2. The summed E-state index contributed by atoms with van der Waals surface area (Å²) in [7, 11) is 1.64. The lowest BCUT2D eigenvalue weighted by atomic mass is 9.76. The van der Waals surface area contributed by atoms with E-state index in [1.165, 1.54) is 0 Å². The number of hydrogen-bond acceptors (Lipinski definition) is 4. The summed E-state index contributed by atoms with van der Waals surface area (Å²) in [6.45, 7) is 8.99. The Hall–Kier alpha value is -3.48. The van der Waals surface area contributed by atoms with Crippen molar-refractivity contribution in [2.24, 2.45) is 0 Å². The number of rotatable bonds is 6. The van der Waals surface area contributed by atoms with Crippen molar-refractivity contribution in [3.63, 3.8) is 0 Å². The lowest BCUT2D eigenvalue weighted by molar-refractivity contribution is -0.166. The summed E-state index contributed by atoms with van der Waals surface area (Å²) in [5.41, 5.74) is 2.78. The average Bonchev–Trinajstić information content (AvgIpc) is 3.23. The third-order valence-electron chi connectivity index (χ3n) is 7.26. The highest BCUT2D eigenvalue weighted by Crippen LogP contribution is 2.49. The number of aromatic nitrogens is 1. The monoisotopic (exact) mass is 475 g/mol. The van der Waals surface area contributed by atoms with Crippen LogP contribution in [0.25, 0.3) is 10.9 Å². The van der Waals surface area contributed by atoms with Gasteiger partial charge in [0.25, 0.3) is 5.91 Å². The van der Waals surface area contributed by atoms with Crippen molar-refractivity contribution in [1.82, 2.24) is 14.8 Å². The maximum atomic E-state index is 13.8. The molecule has 184 valence electrons. The number of H-pyrrole nitrogens is 1. The van der Waals surface area contributed by atoms with Gasteiger partial charge >= 0.3 is 0 Å². The highest BCUT2D eigenvalue weighted by molar-refractivity contribution is 6.01. The molecule has 2 amide bonds. The summed E-state index contributed by atoms with van der Waals surface area (Å²) < 4.78 is 11.6. The topological polar surface area (TPSA) is 74.9 Å². The summed E-state index contributed by atoms with van der Waals surface area (Å²) >= 11 is 0. The van der Waals surface area contributed by atoms with E-state index in [0.29, 0.717) is 24.6 Å². The molecular formula is C28H33N3O4. The van der Waals surface area contributed by atoms with Gasteiger partial charge in [-0.3, -0.25) is 9.59 Å². The van der Waals surface area contributed by atoms with E-state index in [1.54, 1.807) is 16.9 Å². The van der Waals surface area contributed by atoms with Crippen molar-refractivity contribution in [1.29, 1.82) is 0 Å². The average molecular weight is 476 g/mol. The van der Waals surface area contributed by atoms with Crippen molar-refractivity contribution in [3.8, 4) is 11.5 Å². The van der Waals surface area contributed by atoms with Gasteiger partial charge in [-0.05, 0) is 56.5 Å². The number of benzene rings is 2. The van der Waals surface area contributed by atoms with Crippen LogP contribution in [0.3, 0.4) is 0 Å². The first-order valence-corrected chi connectivity index (χ1v) is 12.3. The lowest BCUT2D eigenvalue weighted by Gasteiger charge is -2.51. The zero-order chi connectivity index (χ0) is 24.9. The molecule has 1 fully saturated rings. The normalized spacial score (nSPS) is 21.9. The van der Waals surface area contributed by atoms with Crippen LogP contribution in [0.4, 0.5) is 0 Å². The molecule has 5 rings (SSSR count). The molecule has 0 aliphatic carbocycles. The zero-order valence-corrected chi connectivity index (χ0v) is 21.1. The molecule has 3 aromatic rings. The fraction of sp³-hybridized carbons (Fsp3) is 0.429. The van der Waals surface area contributed by atoms with Gasteiger partial charge in [-0.1, -0.05) is 31.2 Å². The molecule has 7 heteroatoms. The van der Waals surface area contributed by atoms with Crippen LogP contribution in [0.15, 0.2) is 42.5 Å². The van der Waals surface area contributed by atoms with E-state index in [2.05, 4.69) is 11.1 Å². The van der Waals surface area contributed by atoms with Gasteiger partial charge in [0.2, 0.25) is 5.91 Å². The largest absolute Gasteiger partial charge is 0.493 e. The van der Waals surface area contributed by atoms with Crippen LogP contribution in [-0.2, 0) is 15.1 Å². The Morgan fingerprint density at radius 1 is 1.14 bits per heavy atom. The quantitative estimate of drug-likeness (QED) is 0.573. The molecule has 2 aromatic carbocycles. The molecule has 0 bridgehead atoms. The standard InChI is InChI=1S/C28H33N3O4/c1-6-13-30-16-24(32)31-15-20(18-11-12-22(35-17(2)3)23(14-18)34-5)25-19-9-7-8-10-21(19)29-26(25)28(31,4)27(30)33/h7-12,14,17,20,29H,6,13,15-16H2,1-5H3/t20-,28+/m1/s1. The molecule has 2 atom stereocenters. The summed E-state index contributed by atoms with van der Waals surface area (Å²) in [4.78, 5) is 34.3. The van der Waals surface area contributed by atoms with E-state index in [0.717, 1.165) is 34.1 Å². The van der Waals surface area contributed by atoms with Crippen molar-refractivity contribution >= 4 is 22.7 Å². The SMILES string of the molecule is CCCN1CC(=O)N2C[C@H](c3ccc(OC(C)C)c(OC)c3)c3c([nH]c4ccccc34)[C@@]2(C)C1=O. The van der Waals surface area contributed by atoms with Gasteiger partial charge in [-0.15, -0.1) is 0 Å². The van der Waals surface area contributed by atoms with Crippen LogP contribution in [0.1, 0.15) is 56.9 Å². The van der Waals surface area contributed by atoms with E-state index in [9.17, 15) is 9.59 Å². The van der Waals surface area contributed by atoms with Gasteiger partial charge < -0.3 is 24.3 Å². The highest BCUT2D eigenvalue weighted by atomic mass is 16.5. The fourth-order valence-corrected chi connectivity index (χ4v) is 5.68. The van der Waals surface area contributed by atoms with Gasteiger partial charge in [-0.2, -0.15) is 0 Å². The van der Waals surface area contributed by atoms with E-state index in [4.69, 9.17) is 9.47 Å². The first kappa shape index (κ1) is 23.3. The number of nitrogens with zero attached hydrogens (tertiary/aromatic N) is 2. The molecule has 0 radical (unpaired) electrons. The maximum Gasteiger partial charge on any atom is 0.254 e. The first-order chi connectivity index (χ1) is 16.8. The number of methoxy groups -OCH3 is 1. The van der Waals surface area contributed by atoms with Crippen LogP contribution in [0.2, 0.25) is 0 Å². The molecule has 0 saturated carbocycles. The molecule has 0 unspecified atom stereocenters. The number of aromatic amines is 1. The third-order valence-corrected chi connectivity index (χ3v) is 7.26. The van der Waals surface area contributed by atoms with Crippen LogP contribution < -0.4 is 9.47 Å². The molecule has 1 saturated heterocycles. The molecule has 2 aliphatic rings. The molecule has 3 heterocycles. The minimum absolute atomic E-state index is 0.0217. The van der Waals surface area contributed by atoms with Gasteiger partial charge in [0.1, 0.15) is 0 Å². The molecule has 0 spiro atoms.